The zero-order chi connectivity index (χ0) is 17.4. The van der Waals surface area contributed by atoms with Gasteiger partial charge in [-0.2, -0.15) is 5.10 Å². The molecule has 7 heteroatoms. The Bertz CT molecular complexity index is 793. The van der Waals surface area contributed by atoms with Crippen LogP contribution in [0.3, 0.4) is 0 Å². The van der Waals surface area contributed by atoms with Crippen molar-refractivity contribution in [3.63, 3.8) is 0 Å². The van der Waals surface area contributed by atoms with E-state index in [1.165, 1.54) is 12.1 Å². The smallest absolute Gasteiger partial charge is 0.311 e. The highest BCUT2D eigenvalue weighted by Crippen LogP contribution is 2.42. The molecule has 3 heterocycles. The number of rotatable bonds is 4. The molecule has 0 saturated carbocycles. The van der Waals surface area contributed by atoms with E-state index in [0.29, 0.717) is 45.0 Å². The van der Waals surface area contributed by atoms with Gasteiger partial charge in [-0.3, -0.25) is 9.69 Å². The summed E-state index contributed by atoms with van der Waals surface area (Å²) in [5.41, 5.74) is 0.942. The molecule has 132 valence electrons. The van der Waals surface area contributed by atoms with E-state index >= 15 is 0 Å². The van der Waals surface area contributed by atoms with Crippen molar-refractivity contribution in [1.29, 1.82) is 0 Å². The van der Waals surface area contributed by atoms with Crippen molar-refractivity contribution in [2.24, 2.45) is 11.3 Å². The highest BCUT2D eigenvalue weighted by molar-refractivity contribution is 5.76. The topological polar surface area (TPSA) is 67.6 Å². The molecular weight excluding hydrogens is 325 g/mol. The predicted molar refractivity (Wildman–Crippen MR) is 87.8 cm³/mol. The second kappa shape index (κ2) is 6.24. The van der Waals surface area contributed by atoms with Gasteiger partial charge in [0.2, 0.25) is 0 Å². The van der Waals surface area contributed by atoms with Crippen molar-refractivity contribution >= 4 is 5.97 Å². The van der Waals surface area contributed by atoms with E-state index < -0.39 is 11.4 Å². The van der Waals surface area contributed by atoms with Crippen LogP contribution < -0.4 is 0 Å². The molecule has 2 aromatic rings. The Kier molecular flexibility index (Phi) is 4.05. The van der Waals surface area contributed by atoms with Gasteiger partial charge in [0.05, 0.1) is 23.9 Å². The van der Waals surface area contributed by atoms with Gasteiger partial charge in [0, 0.05) is 43.9 Å². The van der Waals surface area contributed by atoms with Crippen molar-refractivity contribution in [2.75, 3.05) is 26.3 Å². The van der Waals surface area contributed by atoms with Crippen molar-refractivity contribution in [3.8, 4) is 5.69 Å². The van der Waals surface area contributed by atoms with Crippen LogP contribution in [0.25, 0.3) is 5.69 Å². The van der Waals surface area contributed by atoms with Gasteiger partial charge in [-0.15, -0.1) is 0 Å². The Morgan fingerprint density at radius 1 is 1.48 bits per heavy atom. The number of ether oxygens (including phenoxy) is 1. The summed E-state index contributed by atoms with van der Waals surface area (Å²) in [6.07, 6.45) is 4.17. The SMILES string of the molecule is O=C(O)[C@]12CCOC[C@H]1CN(Cc1cnn(-c3cccc(F)c3)c1)C2. The zero-order valence-corrected chi connectivity index (χ0v) is 13.8. The highest BCUT2D eigenvalue weighted by Gasteiger charge is 2.53. The maximum atomic E-state index is 13.4. The van der Waals surface area contributed by atoms with Gasteiger partial charge >= 0.3 is 5.97 Å². The number of nitrogens with zero attached hydrogens (tertiary/aromatic N) is 3. The Hall–Kier alpha value is -2.25. The number of hydrogen-bond donors (Lipinski definition) is 1. The number of aliphatic carboxylic acids is 1. The van der Waals surface area contributed by atoms with E-state index in [4.69, 9.17) is 4.74 Å². The van der Waals surface area contributed by atoms with Crippen LogP contribution in [0, 0.1) is 17.2 Å². The summed E-state index contributed by atoms with van der Waals surface area (Å²) < 4.78 is 20.5. The third kappa shape index (κ3) is 2.94. The second-order valence-corrected chi connectivity index (χ2v) is 6.93. The first-order valence-corrected chi connectivity index (χ1v) is 8.40. The Morgan fingerprint density at radius 3 is 3.12 bits per heavy atom. The van der Waals surface area contributed by atoms with Crippen LogP contribution in [0.1, 0.15) is 12.0 Å². The van der Waals surface area contributed by atoms with E-state index in [-0.39, 0.29) is 11.7 Å². The summed E-state index contributed by atoms with van der Waals surface area (Å²) in [6.45, 7) is 2.87. The summed E-state index contributed by atoms with van der Waals surface area (Å²) in [7, 11) is 0. The molecule has 0 bridgehead atoms. The fourth-order valence-electron chi connectivity index (χ4n) is 3.98. The van der Waals surface area contributed by atoms with Crippen molar-refractivity contribution < 1.29 is 19.0 Å². The standard InChI is InChI=1S/C18H20FN3O3/c19-15-2-1-3-16(6-15)22-9-13(7-20-22)8-21-10-14-11-25-5-4-18(14,12-21)17(23)24/h1-3,6-7,9,14H,4-5,8,10-12H2,(H,23,24)/t14-,18+/m1/s1. The Morgan fingerprint density at radius 2 is 2.36 bits per heavy atom. The van der Waals surface area contributed by atoms with Gasteiger partial charge in [-0.25, -0.2) is 9.07 Å². The van der Waals surface area contributed by atoms with E-state index in [9.17, 15) is 14.3 Å². The largest absolute Gasteiger partial charge is 0.481 e. The molecule has 2 fully saturated rings. The van der Waals surface area contributed by atoms with Crippen molar-refractivity contribution in [2.45, 2.75) is 13.0 Å². The first kappa shape index (κ1) is 16.2. The third-order valence-electron chi connectivity index (χ3n) is 5.32. The molecule has 1 N–H and O–H groups in total. The number of halogens is 1. The summed E-state index contributed by atoms with van der Waals surface area (Å²) in [5.74, 6) is -1.00. The number of benzene rings is 1. The first-order chi connectivity index (χ1) is 12.1. The third-order valence-corrected chi connectivity index (χ3v) is 5.32. The van der Waals surface area contributed by atoms with Crippen molar-refractivity contribution in [3.05, 3.63) is 48.0 Å². The normalized spacial score (nSPS) is 26.5. The Labute approximate surface area is 144 Å². The second-order valence-electron chi connectivity index (χ2n) is 6.93. The summed E-state index contributed by atoms with van der Waals surface area (Å²) in [5, 5.41) is 14.0. The molecule has 0 spiro atoms. The lowest BCUT2D eigenvalue weighted by molar-refractivity contribution is -0.157. The molecule has 1 aromatic carbocycles. The van der Waals surface area contributed by atoms with Crippen LogP contribution in [0.2, 0.25) is 0 Å². The van der Waals surface area contributed by atoms with Crippen LogP contribution in [-0.4, -0.2) is 52.1 Å². The molecule has 4 rings (SSSR count). The fourth-order valence-corrected chi connectivity index (χ4v) is 3.98. The fraction of sp³-hybridized carbons (Fsp3) is 0.444. The van der Waals surface area contributed by atoms with Gasteiger partial charge in [0.15, 0.2) is 0 Å². The molecular formula is C18H20FN3O3. The lowest BCUT2D eigenvalue weighted by Gasteiger charge is -2.34. The maximum Gasteiger partial charge on any atom is 0.311 e. The van der Waals surface area contributed by atoms with Crippen LogP contribution >= 0.6 is 0 Å². The van der Waals surface area contributed by atoms with Gasteiger partial charge in [0.1, 0.15) is 5.82 Å². The minimum Gasteiger partial charge on any atom is -0.481 e. The molecule has 2 aliphatic heterocycles. The number of fused-ring (bicyclic) bond motifs is 1. The maximum absolute atomic E-state index is 13.4. The number of carboxylic acid groups (broad SMARTS) is 1. The van der Waals surface area contributed by atoms with E-state index in [1.54, 1.807) is 23.0 Å². The number of likely N-dealkylation sites (tertiary alicyclic amines) is 1. The first-order valence-electron chi connectivity index (χ1n) is 8.40. The number of carboxylic acids is 1. The van der Waals surface area contributed by atoms with E-state index in [2.05, 4.69) is 10.00 Å². The number of hydrogen-bond acceptors (Lipinski definition) is 4. The van der Waals surface area contributed by atoms with Gasteiger partial charge in [-0.05, 0) is 24.6 Å². The van der Waals surface area contributed by atoms with Gasteiger partial charge in [-0.1, -0.05) is 6.07 Å². The molecule has 1 aromatic heterocycles. The average Bonchev–Trinajstić information content (AvgIpc) is 3.19. The lowest BCUT2D eigenvalue weighted by Crippen LogP contribution is -2.44. The van der Waals surface area contributed by atoms with Gasteiger partial charge < -0.3 is 9.84 Å². The molecule has 25 heavy (non-hydrogen) atoms. The minimum atomic E-state index is -0.723. The Balaban J connectivity index is 1.49. The molecule has 2 atom stereocenters. The van der Waals surface area contributed by atoms with E-state index in [0.717, 1.165) is 5.56 Å². The van der Waals surface area contributed by atoms with Crippen LogP contribution in [0.15, 0.2) is 36.7 Å². The summed E-state index contributed by atoms with van der Waals surface area (Å²) in [6, 6.07) is 6.26. The lowest BCUT2D eigenvalue weighted by atomic mass is 9.74. The number of aromatic nitrogens is 2. The number of carbonyl (C=O) groups is 1. The molecule has 2 aliphatic rings. The van der Waals surface area contributed by atoms with Crippen LogP contribution in [0.5, 0.6) is 0 Å². The monoisotopic (exact) mass is 345 g/mol. The summed E-state index contributed by atoms with van der Waals surface area (Å²) >= 11 is 0. The molecule has 6 nitrogen and oxygen atoms in total. The quantitative estimate of drug-likeness (QED) is 0.917. The van der Waals surface area contributed by atoms with E-state index in [1.807, 2.05) is 6.20 Å². The molecule has 0 amide bonds. The molecule has 0 aliphatic carbocycles. The molecule has 0 unspecified atom stereocenters. The summed E-state index contributed by atoms with van der Waals surface area (Å²) in [4.78, 5) is 14.0. The molecule has 2 saturated heterocycles. The average molecular weight is 345 g/mol. The van der Waals surface area contributed by atoms with Crippen LogP contribution in [-0.2, 0) is 16.1 Å². The van der Waals surface area contributed by atoms with Crippen molar-refractivity contribution in [1.82, 2.24) is 14.7 Å². The predicted octanol–water partition coefficient (Wildman–Crippen LogP) is 1.93. The van der Waals surface area contributed by atoms with Gasteiger partial charge in [0.25, 0.3) is 0 Å². The molecule has 0 radical (unpaired) electrons. The van der Waals surface area contributed by atoms with Crippen LogP contribution in [0.4, 0.5) is 4.39 Å². The highest BCUT2D eigenvalue weighted by atomic mass is 19.1. The zero-order valence-electron chi connectivity index (χ0n) is 13.8. The minimum absolute atomic E-state index is 0.0250.